The molecule has 3 aromatic carbocycles. The molecule has 0 unspecified atom stereocenters. The van der Waals surface area contributed by atoms with E-state index in [0.717, 1.165) is 5.69 Å². The van der Waals surface area contributed by atoms with Gasteiger partial charge in [0, 0.05) is 10.2 Å². The molecule has 0 saturated heterocycles. The summed E-state index contributed by atoms with van der Waals surface area (Å²) in [5.74, 6) is -1.09. The van der Waals surface area contributed by atoms with Crippen LogP contribution >= 0.6 is 15.9 Å². The molecule has 0 heterocycles. The molecule has 1 N–H and O–H groups in total. The number of azo groups is 1. The first-order valence-corrected chi connectivity index (χ1v) is 8.24. The van der Waals surface area contributed by atoms with Gasteiger partial charge < -0.3 is 5.32 Å². The van der Waals surface area contributed by atoms with Gasteiger partial charge in [-0.15, -0.1) is 0 Å². The predicted molar refractivity (Wildman–Crippen MR) is 99.1 cm³/mol. The topological polar surface area (TPSA) is 53.8 Å². The highest BCUT2D eigenvalue weighted by Crippen LogP contribution is 2.21. The number of carbonyl (C=O) groups excluding carboxylic acids is 1. The molecule has 0 bridgehead atoms. The second-order valence-electron chi connectivity index (χ2n) is 5.16. The van der Waals surface area contributed by atoms with Gasteiger partial charge in [0.1, 0.15) is 5.82 Å². The Morgan fingerprint density at radius 2 is 1.52 bits per heavy atom. The maximum atomic E-state index is 13.8. The van der Waals surface area contributed by atoms with Crippen LogP contribution in [0.2, 0.25) is 0 Å². The fraction of sp³-hybridized carbons (Fsp3) is 0. The minimum absolute atomic E-state index is 0.0176. The summed E-state index contributed by atoms with van der Waals surface area (Å²) in [6.45, 7) is 0. The van der Waals surface area contributed by atoms with Crippen molar-refractivity contribution in [3.63, 3.8) is 0 Å². The van der Waals surface area contributed by atoms with Crippen molar-refractivity contribution in [2.24, 2.45) is 10.2 Å². The lowest BCUT2D eigenvalue weighted by Gasteiger charge is -2.06. The van der Waals surface area contributed by atoms with Crippen LogP contribution in [0.15, 0.2) is 87.5 Å². The lowest BCUT2D eigenvalue weighted by molar-refractivity contribution is 0.102. The van der Waals surface area contributed by atoms with Gasteiger partial charge in [0.25, 0.3) is 5.91 Å². The highest BCUT2D eigenvalue weighted by atomic mass is 79.9. The second kappa shape index (κ2) is 7.81. The van der Waals surface area contributed by atoms with Gasteiger partial charge in [0.05, 0.1) is 16.9 Å². The van der Waals surface area contributed by atoms with Crippen molar-refractivity contribution in [2.45, 2.75) is 0 Å². The van der Waals surface area contributed by atoms with Gasteiger partial charge in [-0.3, -0.25) is 4.79 Å². The van der Waals surface area contributed by atoms with Crippen molar-refractivity contribution in [2.75, 3.05) is 5.32 Å². The number of hydrogen-bond donors (Lipinski definition) is 1. The average molecular weight is 398 g/mol. The van der Waals surface area contributed by atoms with Gasteiger partial charge in [-0.25, -0.2) is 4.39 Å². The molecule has 0 spiro atoms. The molecule has 124 valence electrons. The predicted octanol–water partition coefficient (Wildman–Crippen LogP) is 6.26. The number of nitrogens with one attached hydrogen (secondary N) is 1. The molecule has 3 rings (SSSR count). The quantitative estimate of drug-likeness (QED) is 0.519. The first-order chi connectivity index (χ1) is 12.1. The zero-order chi connectivity index (χ0) is 17.6. The summed E-state index contributed by atoms with van der Waals surface area (Å²) in [5, 5.41) is 10.9. The summed E-state index contributed by atoms with van der Waals surface area (Å²) < 4.78 is 14.4. The van der Waals surface area contributed by atoms with Crippen LogP contribution in [0.3, 0.4) is 0 Å². The summed E-state index contributed by atoms with van der Waals surface area (Å²) in [4.78, 5) is 12.1. The summed E-state index contributed by atoms with van der Waals surface area (Å²) in [6.07, 6.45) is 0. The maximum absolute atomic E-state index is 13.8. The molecule has 3 aromatic rings. The van der Waals surface area contributed by atoms with Crippen molar-refractivity contribution in [1.82, 2.24) is 0 Å². The Bertz CT molecular complexity index is 912. The van der Waals surface area contributed by atoms with Gasteiger partial charge >= 0.3 is 0 Å². The number of hydrogen-bond acceptors (Lipinski definition) is 3. The molecular formula is C19H13BrFN3O. The maximum Gasteiger partial charge on any atom is 0.258 e. The number of nitrogens with zero attached hydrogens (tertiary/aromatic N) is 2. The third kappa shape index (κ3) is 4.58. The number of rotatable bonds is 4. The first kappa shape index (κ1) is 17.0. The zero-order valence-electron chi connectivity index (χ0n) is 13.0. The van der Waals surface area contributed by atoms with Crippen molar-refractivity contribution in [1.29, 1.82) is 0 Å². The van der Waals surface area contributed by atoms with E-state index in [2.05, 4.69) is 31.5 Å². The molecule has 0 fully saturated rings. The van der Waals surface area contributed by atoms with E-state index in [-0.39, 0.29) is 5.56 Å². The van der Waals surface area contributed by atoms with Crippen LogP contribution in [-0.2, 0) is 0 Å². The van der Waals surface area contributed by atoms with Crippen molar-refractivity contribution in [3.8, 4) is 0 Å². The normalized spacial score (nSPS) is 10.8. The van der Waals surface area contributed by atoms with E-state index >= 15 is 0 Å². The van der Waals surface area contributed by atoms with Crippen LogP contribution in [0.25, 0.3) is 0 Å². The van der Waals surface area contributed by atoms with Crippen LogP contribution < -0.4 is 5.32 Å². The minimum atomic E-state index is -0.583. The third-order valence-electron chi connectivity index (χ3n) is 3.34. The van der Waals surface area contributed by atoms with E-state index in [4.69, 9.17) is 0 Å². The number of amides is 1. The smallest absolute Gasteiger partial charge is 0.258 e. The Hall–Kier alpha value is -2.86. The zero-order valence-corrected chi connectivity index (χ0v) is 14.6. The molecule has 25 heavy (non-hydrogen) atoms. The van der Waals surface area contributed by atoms with Gasteiger partial charge in [0.15, 0.2) is 0 Å². The van der Waals surface area contributed by atoms with Crippen LogP contribution in [0.1, 0.15) is 10.4 Å². The first-order valence-electron chi connectivity index (χ1n) is 7.45. The van der Waals surface area contributed by atoms with E-state index in [1.807, 2.05) is 30.3 Å². The van der Waals surface area contributed by atoms with E-state index in [9.17, 15) is 9.18 Å². The number of anilines is 1. The summed E-state index contributed by atoms with van der Waals surface area (Å²) >= 11 is 3.16. The fourth-order valence-electron chi connectivity index (χ4n) is 2.09. The van der Waals surface area contributed by atoms with Crippen molar-refractivity contribution in [3.05, 3.63) is 88.6 Å². The molecule has 1 amide bonds. The highest BCUT2D eigenvalue weighted by Gasteiger charge is 2.12. The Kier molecular flexibility index (Phi) is 5.30. The van der Waals surface area contributed by atoms with E-state index in [1.165, 1.54) is 12.1 Å². The molecule has 0 radical (unpaired) electrons. The Morgan fingerprint density at radius 1 is 0.880 bits per heavy atom. The summed E-state index contributed by atoms with van der Waals surface area (Å²) in [5.41, 5.74) is 1.93. The van der Waals surface area contributed by atoms with Crippen molar-refractivity contribution < 1.29 is 9.18 Å². The number of benzene rings is 3. The van der Waals surface area contributed by atoms with E-state index in [1.54, 1.807) is 30.3 Å². The SMILES string of the molecule is O=C(Nc1ccc(N=Nc2ccccc2)cc1)c1ccc(Br)cc1F. The van der Waals surface area contributed by atoms with Crippen LogP contribution in [-0.4, -0.2) is 5.91 Å². The molecule has 0 aliphatic carbocycles. The van der Waals surface area contributed by atoms with Gasteiger partial charge in [0.2, 0.25) is 0 Å². The Labute approximate surface area is 152 Å². The lowest BCUT2D eigenvalue weighted by atomic mass is 10.2. The highest BCUT2D eigenvalue weighted by molar-refractivity contribution is 9.10. The molecule has 0 atom stereocenters. The van der Waals surface area contributed by atoms with Crippen molar-refractivity contribution >= 4 is 38.9 Å². The number of carbonyl (C=O) groups is 1. The van der Waals surface area contributed by atoms with Gasteiger partial charge in [-0.2, -0.15) is 10.2 Å². The van der Waals surface area contributed by atoms with Gasteiger partial charge in [-0.05, 0) is 54.6 Å². The lowest BCUT2D eigenvalue weighted by Crippen LogP contribution is -2.13. The summed E-state index contributed by atoms with van der Waals surface area (Å²) in [6, 6.07) is 20.5. The average Bonchev–Trinajstić information content (AvgIpc) is 2.62. The third-order valence-corrected chi connectivity index (χ3v) is 3.83. The molecule has 0 aromatic heterocycles. The molecule has 0 aliphatic rings. The number of halogens is 2. The molecule has 6 heteroatoms. The molecule has 0 aliphatic heterocycles. The molecule has 4 nitrogen and oxygen atoms in total. The molecule has 0 saturated carbocycles. The Balaban J connectivity index is 1.68. The molecular weight excluding hydrogens is 385 g/mol. The largest absolute Gasteiger partial charge is 0.322 e. The van der Waals surface area contributed by atoms with Crippen LogP contribution in [0.5, 0.6) is 0 Å². The second-order valence-corrected chi connectivity index (χ2v) is 6.08. The summed E-state index contributed by atoms with van der Waals surface area (Å²) in [7, 11) is 0. The standard InChI is InChI=1S/C19H13BrFN3O/c20-13-6-11-17(18(21)12-13)19(25)22-14-7-9-16(10-8-14)24-23-15-4-2-1-3-5-15/h1-12H,(H,22,25). The monoisotopic (exact) mass is 397 g/mol. The fourth-order valence-corrected chi connectivity index (χ4v) is 2.43. The minimum Gasteiger partial charge on any atom is -0.322 e. The van der Waals surface area contributed by atoms with Crippen LogP contribution in [0.4, 0.5) is 21.5 Å². The Morgan fingerprint density at radius 3 is 2.16 bits per heavy atom. The van der Waals surface area contributed by atoms with Gasteiger partial charge in [-0.1, -0.05) is 34.1 Å². The van der Waals surface area contributed by atoms with E-state index in [0.29, 0.717) is 15.8 Å². The van der Waals surface area contributed by atoms with E-state index < -0.39 is 11.7 Å². The van der Waals surface area contributed by atoms with Crippen LogP contribution in [0, 0.1) is 5.82 Å².